The minimum Gasteiger partial charge on any atom is -0.478 e. The first-order valence-electron chi connectivity index (χ1n) is 5.57. The number of anilines is 1. The number of nitrogens with one attached hydrogen (secondary N) is 1. The maximum Gasteiger partial charge on any atom is 0.335 e. The minimum atomic E-state index is -1.12. The fourth-order valence-electron chi connectivity index (χ4n) is 1.60. The minimum absolute atomic E-state index is 0.0226. The summed E-state index contributed by atoms with van der Waals surface area (Å²) in [7, 11) is 0. The number of rotatable bonds is 3. The van der Waals surface area contributed by atoms with E-state index >= 15 is 0 Å². The van der Waals surface area contributed by atoms with Crippen molar-refractivity contribution < 1.29 is 19.1 Å². The van der Waals surface area contributed by atoms with Crippen LogP contribution in [0.3, 0.4) is 0 Å². The molecule has 1 amide bonds. The van der Waals surface area contributed by atoms with Crippen LogP contribution in [0.25, 0.3) is 0 Å². The Bertz CT molecular complexity index is 688. The van der Waals surface area contributed by atoms with Gasteiger partial charge in [-0.2, -0.15) is 0 Å². The van der Waals surface area contributed by atoms with Crippen molar-refractivity contribution in [2.45, 2.75) is 0 Å². The molecule has 0 radical (unpaired) electrons. The van der Waals surface area contributed by atoms with Crippen molar-refractivity contribution in [3.05, 3.63) is 64.4 Å². The van der Waals surface area contributed by atoms with Gasteiger partial charge in [-0.05, 0) is 36.4 Å². The van der Waals surface area contributed by atoms with Crippen LogP contribution in [0.1, 0.15) is 20.7 Å². The number of carboxylic acids is 1. The van der Waals surface area contributed by atoms with Crippen LogP contribution in [0.4, 0.5) is 10.1 Å². The van der Waals surface area contributed by atoms with Crippen molar-refractivity contribution in [3.63, 3.8) is 0 Å². The molecule has 2 aromatic carbocycles. The van der Waals surface area contributed by atoms with Gasteiger partial charge in [-0.1, -0.05) is 17.7 Å². The summed E-state index contributed by atoms with van der Waals surface area (Å²) in [5.41, 5.74) is 0.0712. The summed E-state index contributed by atoms with van der Waals surface area (Å²) in [6, 6.07) is 9.28. The number of halogens is 2. The van der Waals surface area contributed by atoms with Crippen molar-refractivity contribution in [2.75, 3.05) is 5.32 Å². The molecule has 0 spiro atoms. The third kappa shape index (κ3) is 3.13. The number of hydrogen-bond donors (Lipinski definition) is 2. The van der Waals surface area contributed by atoms with E-state index in [4.69, 9.17) is 16.7 Å². The molecule has 102 valence electrons. The summed E-state index contributed by atoms with van der Waals surface area (Å²) in [5.74, 6) is -2.52. The van der Waals surface area contributed by atoms with Crippen LogP contribution in [0.5, 0.6) is 0 Å². The first-order valence-corrected chi connectivity index (χ1v) is 5.95. The summed E-state index contributed by atoms with van der Waals surface area (Å²) in [6.07, 6.45) is 0. The molecule has 0 atom stereocenters. The van der Waals surface area contributed by atoms with Gasteiger partial charge in [0.15, 0.2) is 0 Å². The van der Waals surface area contributed by atoms with E-state index in [-0.39, 0.29) is 21.8 Å². The summed E-state index contributed by atoms with van der Waals surface area (Å²) < 4.78 is 13.5. The zero-order chi connectivity index (χ0) is 14.7. The lowest BCUT2D eigenvalue weighted by atomic mass is 10.1. The van der Waals surface area contributed by atoms with Crippen LogP contribution in [0, 0.1) is 5.82 Å². The average Bonchev–Trinajstić information content (AvgIpc) is 2.41. The van der Waals surface area contributed by atoms with Crippen LogP contribution in [-0.2, 0) is 0 Å². The second-order valence-corrected chi connectivity index (χ2v) is 4.40. The molecule has 2 aromatic rings. The molecule has 0 aliphatic heterocycles. The fourth-order valence-corrected chi connectivity index (χ4v) is 1.77. The van der Waals surface area contributed by atoms with E-state index in [9.17, 15) is 14.0 Å². The van der Waals surface area contributed by atoms with Gasteiger partial charge in [-0.15, -0.1) is 0 Å². The number of benzene rings is 2. The molecule has 0 saturated heterocycles. The molecule has 0 aliphatic carbocycles. The Hall–Kier alpha value is -2.40. The topological polar surface area (TPSA) is 66.4 Å². The van der Waals surface area contributed by atoms with E-state index in [1.54, 1.807) is 0 Å². The number of amides is 1. The largest absolute Gasteiger partial charge is 0.478 e. The molecular formula is C14H9ClFNO3. The molecule has 0 bridgehead atoms. The number of carbonyl (C=O) groups is 2. The highest BCUT2D eigenvalue weighted by atomic mass is 35.5. The Morgan fingerprint density at radius 3 is 2.60 bits per heavy atom. The van der Waals surface area contributed by atoms with Gasteiger partial charge in [0.1, 0.15) is 5.82 Å². The summed E-state index contributed by atoms with van der Waals surface area (Å²) in [5, 5.41) is 11.5. The van der Waals surface area contributed by atoms with Gasteiger partial charge in [0.2, 0.25) is 0 Å². The van der Waals surface area contributed by atoms with E-state index < -0.39 is 17.7 Å². The van der Waals surface area contributed by atoms with E-state index in [2.05, 4.69) is 5.32 Å². The maximum absolute atomic E-state index is 13.5. The highest BCUT2D eigenvalue weighted by Crippen LogP contribution is 2.17. The Morgan fingerprint density at radius 2 is 1.90 bits per heavy atom. The highest BCUT2D eigenvalue weighted by molar-refractivity contribution is 6.31. The lowest BCUT2D eigenvalue weighted by molar-refractivity contribution is 0.0696. The third-order valence-corrected chi connectivity index (χ3v) is 2.78. The maximum atomic E-state index is 13.5. The van der Waals surface area contributed by atoms with E-state index in [1.165, 1.54) is 36.4 Å². The Morgan fingerprint density at radius 1 is 1.15 bits per heavy atom. The molecule has 2 rings (SSSR count). The molecule has 6 heteroatoms. The van der Waals surface area contributed by atoms with Crippen molar-refractivity contribution in [3.8, 4) is 0 Å². The molecular weight excluding hydrogens is 285 g/mol. The van der Waals surface area contributed by atoms with Crippen molar-refractivity contribution in [2.24, 2.45) is 0 Å². The number of hydrogen-bond acceptors (Lipinski definition) is 2. The quantitative estimate of drug-likeness (QED) is 0.911. The van der Waals surface area contributed by atoms with Crippen molar-refractivity contribution in [1.82, 2.24) is 0 Å². The number of aromatic carboxylic acids is 1. The first kappa shape index (κ1) is 14.0. The molecule has 0 fully saturated rings. The predicted molar refractivity (Wildman–Crippen MR) is 72.8 cm³/mol. The fraction of sp³-hybridized carbons (Fsp3) is 0. The highest BCUT2D eigenvalue weighted by Gasteiger charge is 2.13. The van der Waals surface area contributed by atoms with Gasteiger partial charge in [-0.25, -0.2) is 9.18 Å². The Labute approximate surface area is 118 Å². The predicted octanol–water partition coefficient (Wildman–Crippen LogP) is 3.43. The van der Waals surface area contributed by atoms with Crippen LogP contribution >= 0.6 is 11.6 Å². The van der Waals surface area contributed by atoms with Crippen LogP contribution in [0.15, 0.2) is 42.5 Å². The summed E-state index contributed by atoms with van der Waals surface area (Å²) in [4.78, 5) is 22.7. The van der Waals surface area contributed by atoms with Crippen molar-refractivity contribution in [1.29, 1.82) is 0 Å². The molecule has 4 nitrogen and oxygen atoms in total. The van der Waals surface area contributed by atoms with Gasteiger partial charge in [0.25, 0.3) is 5.91 Å². The third-order valence-electron chi connectivity index (χ3n) is 2.54. The van der Waals surface area contributed by atoms with E-state index in [0.29, 0.717) is 0 Å². The molecule has 0 heterocycles. The van der Waals surface area contributed by atoms with E-state index in [0.717, 1.165) is 6.07 Å². The van der Waals surface area contributed by atoms with Gasteiger partial charge >= 0.3 is 5.97 Å². The zero-order valence-electron chi connectivity index (χ0n) is 10.1. The second-order valence-electron chi connectivity index (χ2n) is 3.96. The first-order chi connectivity index (χ1) is 9.47. The standard InChI is InChI=1S/C14H9ClFNO3/c15-9-4-5-12(16)11(7-9)13(18)17-10-3-1-2-8(6-10)14(19)20/h1-7H,(H,17,18)(H,19,20). The summed E-state index contributed by atoms with van der Waals surface area (Å²) >= 11 is 5.71. The zero-order valence-corrected chi connectivity index (χ0v) is 10.8. The van der Waals surface area contributed by atoms with Crippen LogP contribution < -0.4 is 5.32 Å². The normalized spacial score (nSPS) is 10.1. The van der Waals surface area contributed by atoms with E-state index in [1.807, 2.05) is 0 Å². The average molecular weight is 294 g/mol. The molecule has 2 N–H and O–H groups in total. The van der Waals surface area contributed by atoms with Gasteiger partial charge in [0.05, 0.1) is 11.1 Å². The smallest absolute Gasteiger partial charge is 0.335 e. The summed E-state index contributed by atoms with van der Waals surface area (Å²) in [6.45, 7) is 0. The Kier molecular flexibility index (Phi) is 4.00. The lowest BCUT2D eigenvalue weighted by Crippen LogP contribution is -2.14. The number of carbonyl (C=O) groups excluding carboxylic acids is 1. The molecule has 20 heavy (non-hydrogen) atoms. The van der Waals surface area contributed by atoms with Crippen molar-refractivity contribution >= 4 is 29.2 Å². The second kappa shape index (κ2) is 5.71. The monoisotopic (exact) mass is 293 g/mol. The molecule has 0 saturated carbocycles. The van der Waals surface area contributed by atoms with Crippen LogP contribution in [-0.4, -0.2) is 17.0 Å². The van der Waals surface area contributed by atoms with Gasteiger partial charge in [-0.3, -0.25) is 4.79 Å². The molecule has 0 unspecified atom stereocenters. The molecule has 0 aromatic heterocycles. The number of carboxylic acid groups (broad SMARTS) is 1. The van der Waals surface area contributed by atoms with Gasteiger partial charge in [0, 0.05) is 10.7 Å². The van der Waals surface area contributed by atoms with Crippen LogP contribution in [0.2, 0.25) is 5.02 Å². The SMILES string of the molecule is O=C(O)c1cccc(NC(=O)c2cc(Cl)ccc2F)c1. The Balaban J connectivity index is 2.25. The molecule has 0 aliphatic rings. The lowest BCUT2D eigenvalue weighted by Gasteiger charge is -2.07. The van der Waals surface area contributed by atoms with Gasteiger partial charge < -0.3 is 10.4 Å².